The van der Waals surface area contributed by atoms with Gasteiger partial charge in [-0.3, -0.25) is 0 Å². The molecule has 3 saturated carbocycles. The van der Waals surface area contributed by atoms with E-state index in [9.17, 15) is 0 Å². The molecule has 0 atom stereocenters. The van der Waals surface area contributed by atoms with Crippen molar-refractivity contribution in [2.24, 2.45) is 11.1 Å². The summed E-state index contributed by atoms with van der Waals surface area (Å²) in [4.78, 5) is 0. The van der Waals surface area contributed by atoms with Gasteiger partial charge in [0.1, 0.15) is 0 Å². The van der Waals surface area contributed by atoms with Crippen LogP contribution in [0, 0.1) is 5.41 Å². The van der Waals surface area contributed by atoms with Crippen LogP contribution >= 0.6 is 12.4 Å². The molecule has 0 aromatic rings. The highest BCUT2D eigenvalue weighted by Crippen LogP contribution is 2.52. The number of rotatable bonds is 2. The molecule has 0 aliphatic heterocycles. The Hall–Kier alpha value is 0.210. The highest BCUT2D eigenvalue weighted by Gasteiger charge is 2.47. The fraction of sp³-hybridized carbons (Fsp3) is 1.00. The SMILES string of the molecule is COC12CCC(CN)(CC1)CC2.Cl. The summed E-state index contributed by atoms with van der Waals surface area (Å²) in [6.45, 7) is 0.882. The number of hydrogen-bond donors (Lipinski definition) is 1. The van der Waals surface area contributed by atoms with Gasteiger partial charge in [0.15, 0.2) is 0 Å². The molecule has 0 amide bonds. The molecular formula is C10H20ClNO. The minimum absolute atomic E-state index is 0. The van der Waals surface area contributed by atoms with Crippen LogP contribution in [-0.4, -0.2) is 19.3 Å². The topological polar surface area (TPSA) is 35.2 Å². The van der Waals surface area contributed by atoms with E-state index in [0.717, 1.165) is 6.54 Å². The minimum Gasteiger partial charge on any atom is -0.378 e. The highest BCUT2D eigenvalue weighted by molar-refractivity contribution is 5.85. The van der Waals surface area contributed by atoms with Gasteiger partial charge in [-0.1, -0.05) is 0 Å². The van der Waals surface area contributed by atoms with Crippen molar-refractivity contribution in [3.63, 3.8) is 0 Å². The van der Waals surface area contributed by atoms with E-state index < -0.39 is 0 Å². The summed E-state index contributed by atoms with van der Waals surface area (Å²) in [6, 6.07) is 0. The Balaban J connectivity index is 0.000000845. The minimum atomic E-state index is 0. The third-order valence-corrected chi connectivity index (χ3v) is 4.20. The Bertz CT molecular complexity index is 139. The standard InChI is InChI=1S/C10H19NO.ClH/c1-12-10-5-2-9(8-11,3-6-10)4-7-10;/h2-8,11H2,1H3;1H. The van der Waals surface area contributed by atoms with E-state index in [1.165, 1.54) is 38.5 Å². The number of methoxy groups -OCH3 is 1. The molecule has 0 aromatic heterocycles. The molecule has 2 bridgehead atoms. The molecule has 3 fully saturated rings. The van der Waals surface area contributed by atoms with E-state index in [4.69, 9.17) is 10.5 Å². The van der Waals surface area contributed by atoms with Gasteiger partial charge < -0.3 is 10.5 Å². The smallest absolute Gasteiger partial charge is 0.0679 e. The predicted octanol–water partition coefficient (Wildman–Crippen LogP) is 2.11. The first-order valence-electron chi connectivity index (χ1n) is 5.00. The lowest BCUT2D eigenvalue weighted by Gasteiger charge is -2.52. The van der Waals surface area contributed by atoms with Gasteiger partial charge in [0.2, 0.25) is 0 Å². The van der Waals surface area contributed by atoms with Crippen molar-refractivity contribution in [1.29, 1.82) is 0 Å². The normalized spacial score (nSPS) is 42.9. The lowest BCUT2D eigenvalue weighted by atomic mass is 9.58. The van der Waals surface area contributed by atoms with Crippen LogP contribution in [0.1, 0.15) is 38.5 Å². The lowest BCUT2D eigenvalue weighted by Crippen LogP contribution is -2.49. The van der Waals surface area contributed by atoms with E-state index in [-0.39, 0.29) is 18.0 Å². The Morgan fingerprint density at radius 3 is 1.85 bits per heavy atom. The molecule has 0 spiro atoms. The molecular weight excluding hydrogens is 186 g/mol. The first-order chi connectivity index (χ1) is 5.74. The van der Waals surface area contributed by atoms with Gasteiger partial charge in [-0.15, -0.1) is 12.4 Å². The maximum atomic E-state index is 5.82. The molecule has 78 valence electrons. The van der Waals surface area contributed by atoms with Gasteiger partial charge in [-0.05, 0) is 50.5 Å². The number of fused-ring (bicyclic) bond motifs is 3. The van der Waals surface area contributed by atoms with E-state index in [2.05, 4.69) is 0 Å². The van der Waals surface area contributed by atoms with Crippen LogP contribution in [0.4, 0.5) is 0 Å². The van der Waals surface area contributed by atoms with Gasteiger partial charge in [0, 0.05) is 7.11 Å². The summed E-state index contributed by atoms with van der Waals surface area (Å²) in [6.07, 6.45) is 7.58. The average Bonchev–Trinajstić information content (AvgIpc) is 2.21. The Morgan fingerprint density at radius 1 is 1.08 bits per heavy atom. The Morgan fingerprint density at radius 2 is 1.54 bits per heavy atom. The summed E-state index contributed by atoms with van der Waals surface area (Å²) in [5.74, 6) is 0. The van der Waals surface area contributed by atoms with Gasteiger partial charge in [0.25, 0.3) is 0 Å². The Labute approximate surface area is 86.6 Å². The summed E-state index contributed by atoms with van der Waals surface area (Å²) >= 11 is 0. The van der Waals surface area contributed by atoms with Crippen LogP contribution < -0.4 is 5.73 Å². The second-order valence-electron chi connectivity index (χ2n) is 4.59. The molecule has 13 heavy (non-hydrogen) atoms. The molecule has 3 rings (SSSR count). The molecule has 0 radical (unpaired) electrons. The second-order valence-corrected chi connectivity index (χ2v) is 4.59. The molecule has 0 heterocycles. The number of halogens is 1. The van der Waals surface area contributed by atoms with Crippen LogP contribution in [0.15, 0.2) is 0 Å². The summed E-state index contributed by atoms with van der Waals surface area (Å²) in [7, 11) is 1.86. The van der Waals surface area contributed by atoms with Crippen molar-refractivity contribution >= 4 is 12.4 Å². The van der Waals surface area contributed by atoms with Gasteiger partial charge in [0.05, 0.1) is 5.60 Å². The van der Waals surface area contributed by atoms with Crippen LogP contribution in [0.3, 0.4) is 0 Å². The third kappa shape index (κ3) is 1.72. The summed E-state index contributed by atoms with van der Waals surface area (Å²) in [5, 5.41) is 0. The largest absolute Gasteiger partial charge is 0.378 e. The molecule has 0 aromatic carbocycles. The Kier molecular flexibility index (Phi) is 3.26. The van der Waals surface area contributed by atoms with Crippen molar-refractivity contribution in [3.05, 3.63) is 0 Å². The fourth-order valence-electron chi connectivity index (χ4n) is 2.84. The quantitative estimate of drug-likeness (QED) is 0.750. The molecule has 0 unspecified atom stereocenters. The molecule has 3 aliphatic rings. The number of ether oxygens (including phenoxy) is 1. The molecule has 2 nitrogen and oxygen atoms in total. The first-order valence-corrected chi connectivity index (χ1v) is 5.00. The van der Waals surface area contributed by atoms with Crippen molar-refractivity contribution in [2.75, 3.05) is 13.7 Å². The average molecular weight is 206 g/mol. The summed E-state index contributed by atoms with van der Waals surface area (Å²) < 4.78 is 5.61. The van der Waals surface area contributed by atoms with Crippen molar-refractivity contribution in [3.8, 4) is 0 Å². The van der Waals surface area contributed by atoms with Crippen LogP contribution in [0.2, 0.25) is 0 Å². The monoisotopic (exact) mass is 205 g/mol. The number of nitrogens with two attached hydrogens (primary N) is 1. The third-order valence-electron chi connectivity index (χ3n) is 4.20. The summed E-state index contributed by atoms with van der Waals surface area (Å²) in [5.41, 5.74) is 6.56. The second kappa shape index (κ2) is 3.76. The van der Waals surface area contributed by atoms with Gasteiger partial charge in [-0.2, -0.15) is 0 Å². The maximum absolute atomic E-state index is 5.82. The van der Waals surface area contributed by atoms with E-state index in [1.54, 1.807) is 0 Å². The zero-order valence-corrected chi connectivity index (χ0v) is 9.16. The van der Waals surface area contributed by atoms with Crippen LogP contribution in [0.5, 0.6) is 0 Å². The highest BCUT2D eigenvalue weighted by atomic mass is 35.5. The van der Waals surface area contributed by atoms with Gasteiger partial charge in [-0.25, -0.2) is 0 Å². The molecule has 3 heteroatoms. The first kappa shape index (κ1) is 11.3. The zero-order valence-electron chi connectivity index (χ0n) is 8.34. The van der Waals surface area contributed by atoms with Crippen molar-refractivity contribution in [1.82, 2.24) is 0 Å². The van der Waals surface area contributed by atoms with E-state index in [0.29, 0.717) is 5.41 Å². The fourth-order valence-corrected chi connectivity index (χ4v) is 2.84. The molecule has 2 N–H and O–H groups in total. The van der Waals surface area contributed by atoms with Crippen LogP contribution in [0.25, 0.3) is 0 Å². The van der Waals surface area contributed by atoms with Gasteiger partial charge >= 0.3 is 0 Å². The van der Waals surface area contributed by atoms with Crippen LogP contribution in [-0.2, 0) is 4.74 Å². The predicted molar refractivity (Wildman–Crippen MR) is 56.2 cm³/mol. The van der Waals surface area contributed by atoms with Crippen molar-refractivity contribution in [2.45, 2.75) is 44.1 Å². The molecule has 3 aliphatic carbocycles. The number of hydrogen-bond acceptors (Lipinski definition) is 2. The van der Waals surface area contributed by atoms with E-state index >= 15 is 0 Å². The lowest BCUT2D eigenvalue weighted by molar-refractivity contribution is -0.114. The molecule has 0 saturated heterocycles. The zero-order chi connectivity index (χ0) is 8.66. The maximum Gasteiger partial charge on any atom is 0.0679 e. The van der Waals surface area contributed by atoms with Crippen molar-refractivity contribution < 1.29 is 4.74 Å². The van der Waals surface area contributed by atoms with E-state index in [1.807, 2.05) is 7.11 Å².